The van der Waals surface area contributed by atoms with Gasteiger partial charge in [-0.15, -0.1) is 0 Å². The zero-order valence-corrected chi connectivity index (χ0v) is 9.98. The molecule has 0 fully saturated rings. The largest absolute Gasteiger partial charge is 0.493 e. The minimum atomic E-state index is 0.154. The van der Waals surface area contributed by atoms with Gasteiger partial charge in [-0.25, -0.2) is 0 Å². The summed E-state index contributed by atoms with van der Waals surface area (Å²) in [5.74, 6) is 0.954. The van der Waals surface area contributed by atoms with Crippen molar-refractivity contribution in [2.24, 2.45) is 5.73 Å². The van der Waals surface area contributed by atoms with Gasteiger partial charge in [-0.1, -0.05) is 12.1 Å². The highest BCUT2D eigenvalue weighted by molar-refractivity contribution is 5.43. The van der Waals surface area contributed by atoms with Gasteiger partial charge in [0.25, 0.3) is 0 Å². The Bertz CT molecular complexity index is 423. The molecule has 0 amide bonds. The summed E-state index contributed by atoms with van der Waals surface area (Å²) in [7, 11) is 0. The van der Waals surface area contributed by atoms with Crippen molar-refractivity contribution in [3.05, 3.63) is 29.3 Å². The van der Waals surface area contributed by atoms with Crippen molar-refractivity contribution < 1.29 is 4.74 Å². The van der Waals surface area contributed by atoms with E-state index in [1.165, 1.54) is 11.1 Å². The summed E-state index contributed by atoms with van der Waals surface area (Å²) in [6, 6.07) is 8.38. The quantitative estimate of drug-likeness (QED) is 0.809. The van der Waals surface area contributed by atoms with E-state index in [9.17, 15) is 0 Å². The molecule has 0 aromatic heterocycles. The smallest absolute Gasteiger partial charge is 0.122 e. The number of rotatable bonds is 4. The minimum Gasteiger partial charge on any atom is -0.493 e. The molecule has 0 saturated carbocycles. The molecule has 0 saturated heterocycles. The molecule has 2 N–H and O–H groups in total. The average Bonchev–Trinajstić information content (AvgIpc) is 2.36. The van der Waals surface area contributed by atoms with Crippen molar-refractivity contribution >= 4 is 0 Å². The molecular weight excluding hydrogens is 212 g/mol. The number of hydrogen-bond acceptors (Lipinski definition) is 3. The normalized spacial score (nSPS) is 18.2. The number of ether oxygens (including phenoxy) is 1. The predicted molar refractivity (Wildman–Crippen MR) is 66.7 cm³/mol. The van der Waals surface area contributed by atoms with Gasteiger partial charge in [0.1, 0.15) is 5.75 Å². The van der Waals surface area contributed by atoms with Crippen LogP contribution in [-0.2, 0) is 6.42 Å². The lowest BCUT2D eigenvalue weighted by Gasteiger charge is -2.24. The van der Waals surface area contributed by atoms with Gasteiger partial charge in [0.2, 0.25) is 0 Å². The fourth-order valence-electron chi connectivity index (χ4n) is 2.32. The van der Waals surface area contributed by atoms with Gasteiger partial charge in [-0.3, -0.25) is 0 Å². The van der Waals surface area contributed by atoms with Crippen molar-refractivity contribution in [2.45, 2.75) is 38.1 Å². The summed E-state index contributed by atoms with van der Waals surface area (Å²) in [5.41, 5.74) is 8.59. The number of benzene rings is 1. The SMILES string of the molecule is N#CCCCOc1cccc2c1CCCC2N. The molecule has 1 aromatic carbocycles. The number of unbranched alkanes of at least 4 members (excludes halogenated alkanes) is 1. The second-order valence-corrected chi connectivity index (χ2v) is 4.43. The van der Waals surface area contributed by atoms with E-state index in [0.29, 0.717) is 13.0 Å². The first-order chi connectivity index (χ1) is 8.33. The standard InChI is InChI=1S/C14H18N2O/c15-9-1-2-10-17-14-8-4-5-11-12(14)6-3-7-13(11)16/h4-5,8,13H,1-3,6-7,10,16H2. The number of fused-ring (bicyclic) bond motifs is 1. The Labute approximate surface area is 102 Å². The van der Waals surface area contributed by atoms with E-state index in [1.807, 2.05) is 12.1 Å². The summed E-state index contributed by atoms with van der Waals surface area (Å²) in [5, 5.41) is 8.47. The Kier molecular flexibility index (Phi) is 4.00. The molecule has 1 atom stereocenters. The highest BCUT2D eigenvalue weighted by Gasteiger charge is 2.19. The lowest BCUT2D eigenvalue weighted by atomic mass is 9.87. The molecule has 1 aromatic rings. The molecule has 17 heavy (non-hydrogen) atoms. The maximum Gasteiger partial charge on any atom is 0.122 e. The maximum absolute atomic E-state index is 8.47. The highest BCUT2D eigenvalue weighted by Crippen LogP contribution is 2.33. The molecule has 0 radical (unpaired) electrons. The first kappa shape index (κ1) is 11.9. The number of hydrogen-bond donors (Lipinski definition) is 1. The Morgan fingerprint density at radius 1 is 1.47 bits per heavy atom. The molecule has 3 heteroatoms. The van der Waals surface area contributed by atoms with Gasteiger partial charge in [0.05, 0.1) is 12.7 Å². The molecule has 1 aliphatic rings. The average molecular weight is 230 g/mol. The van der Waals surface area contributed by atoms with Crippen LogP contribution in [-0.4, -0.2) is 6.61 Å². The van der Waals surface area contributed by atoms with Crippen molar-refractivity contribution in [1.29, 1.82) is 5.26 Å². The second-order valence-electron chi connectivity index (χ2n) is 4.43. The first-order valence-electron chi connectivity index (χ1n) is 6.20. The van der Waals surface area contributed by atoms with Crippen LogP contribution in [0.5, 0.6) is 5.75 Å². The van der Waals surface area contributed by atoms with Gasteiger partial charge in [-0.2, -0.15) is 5.26 Å². The number of nitrogens with zero attached hydrogens (tertiary/aromatic N) is 1. The monoisotopic (exact) mass is 230 g/mol. The summed E-state index contributed by atoms with van der Waals surface area (Å²) in [4.78, 5) is 0. The third kappa shape index (κ3) is 2.78. The van der Waals surface area contributed by atoms with Crippen molar-refractivity contribution in [3.63, 3.8) is 0 Å². The Morgan fingerprint density at radius 2 is 2.35 bits per heavy atom. The van der Waals surface area contributed by atoms with Gasteiger partial charge < -0.3 is 10.5 Å². The molecule has 0 aliphatic heterocycles. The molecular formula is C14H18N2O. The predicted octanol–water partition coefficient (Wildman–Crippen LogP) is 2.71. The summed E-state index contributed by atoms with van der Waals surface area (Å²) in [6.07, 6.45) is 4.58. The van der Waals surface area contributed by atoms with Gasteiger partial charge >= 0.3 is 0 Å². The minimum absolute atomic E-state index is 0.154. The van der Waals surface area contributed by atoms with Crippen LogP contribution in [0.3, 0.4) is 0 Å². The van der Waals surface area contributed by atoms with Crippen LogP contribution in [0.25, 0.3) is 0 Å². The maximum atomic E-state index is 8.47. The summed E-state index contributed by atoms with van der Waals surface area (Å²) >= 11 is 0. The van der Waals surface area contributed by atoms with Crippen LogP contribution in [0.15, 0.2) is 18.2 Å². The van der Waals surface area contributed by atoms with Crippen LogP contribution in [0.1, 0.15) is 42.9 Å². The number of nitrogens with two attached hydrogens (primary N) is 1. The summed E-state index contributed by atoms with van der Waals surface area (Å²) in [6.45, 7) is 0.610. The molecule has 90 valence electrons. The molecule has 1 aliphatic carbocycles. The zero-order valence-electron chi connectivity index (χ0n) is 9.98. The second kappa shape index (κ2) is 5.70. The third-order valence-corrected chi connectivity index (χ3v) is 3.20. The van der Waals surface area contributed by atoms with E-state index in [2.05, 4.69) is 12.1 Å². The van der Waals surface area contributed by atoms with Crippen LogP contribution in [0.4, 0.5) is 0 Å². The zero-order chi connectivity index (χ0) is 12.1. The van der Waals surface area contributed by atoms with E-state index in [4.69, 9.17) is 15.7 Å². The lowest BCUT2D eigenvalue weighted by Crippen LogP contribution is -2.18. The van der Waals surface area contributed by atoms with Crippen LogP contribution in [0.2, 0.25) is 0 Å². The van der Waals surface area contributed by atoms with Crippen molar-refractivity contribution in [2.75, 3.05) is 6.61 Å². The van der Waals surface area contributed by atoms with Gasteiger partial charge in [-0.05, 0) is 42.9 Å². The fraction of sp³-hybridized carbons (Fsp3) is 0.500. The fourth-order valence-corrected chi connectivity index (χ4v) is 2.32. The molecule has 3 nitrogen and oxygen atoms in total. The number of nitriles is 1. The highest BCUT2D eigenvalue weighted by atomic mass is 16.5. The molecule has 1 unspecified atom stereocenters. The third-order valence-electron chi connectivity index (χ3n) is 3.20. The topological polar surface area (TPSA) is 59.0 Å². The molecule has 0 bridgehead atoms. The molecule has 0 heterocycles. The van der Waals surface area contributed by atoms with Crippen molar-refractivity contribution in [3.8, 4) is 11.8 Å². The van der Waals surface area contributed by atoms with Gasteiger partial charge in [0.15, 0.2) is 0 Å². The van der Waals surface area contributed by atoms with Crippen LogP contribution < -0.4 is 10.5 Å². The van der Waals surface area contributed by atoms with E-state index in [-0.39, 0.29) is 6.04 Å². The lowest BCUT2D eigenvalue weighted by molar-refractivity contribution is 0.307. The first-order valence-corrected chi connectivity index (χ1v) is 6.20. The van der Waals surface area contributed by atoms with Crippen LogP contribution >= 0.6 is 0 Å². The van der Waals surface area contributed by atoms with E-state index in [0.717, 1.165) is 31.4 Å². The molecule has 2 rings (SSSR count). The Balaban J connectivity index is 2.07. The van der Waals surface area contributed by atoms with Crippen molar-refractivity contribution in [1.82, 2.24) is 0 Å². The van der Waals surface area contributed by atoms with E-state index < -0.39 is 0 Å². The van der Waals surface area contributed by atoms with Gasteiger partial charge in [0, 0.05) is 12.5 Å². The van der Waals surface area contributed by atoms with Crippen LogP contribution in [0, 0.1) is 11.3 Å². The Morgan fingerprint density at radius 3 is 3.18 bits per heavy atom. The Hall–Kier alpha value is -1.53. The van der Waals surface area contributed by atoms with E-state index >= 15 is 0 Å². The molecule has 0 spiro atoms. The van der Waals surface area contributed by atoms with E-state index in [1.54, 1.807) is 0 Å². The summed E-state index contributed by atoms with van der Waals surface area (Å²) < 4.78 is 5.75.